The monoisotopic (exact) mass is 1910 g/mol. The van der Waals surface area contributed by atoms with Gasteiger partial charge in [0.25, 0.3) is 5.69 Å². The van der Waals surface area contributed by atoms with Crippen LogP contribution in [-0.4, -0.2) is 82.1 Å². The van der Waals surface area contributed by atoms with Crippen molar-refractivity contribution in [1.29, 1.82) is 0 Å². The SMILES string of the molecule is CCCCCCS(=O)(=O)c1ccc(-c2ccc(F)cc2)c(C)c1.CCCCCCS(=O)(=O)c1ccc(-c2ccc(F)cc2F)cc1Cl.CCCCCCS(=O)(=O)c1ccc(-c2ccc(F)cc2F)cc1OC(F)(F)F.CCCCCCS(=O)(=O)c1ccc(-c2ccccc2)cc1C(F)(F)F.CCCCCCS(=O)(=O)c1ccc(-c2ccccc2[N+](=O)[O-])cc1C(F)(F)F. The summed E-state index contributed by atoms with van der Waals surface area (Å²) in [5.74, 6) is -5.18. The Kier molecular flexibility index (Phi) is 41.4. The molecule has 10 rings (SSSR count). The minimum Gasteiger partial charge on any atom is -0.404 e. The van der Waals surface area contributed by atoms with Gasteiger partial charge in [0.1, 0.15) is 39.7 Å². The maximum atomic E-state index is 14.0. The fourth-order valence-corrected chi connectivity index (χ4v) is 21.4. The van der Waals surface area contributed by atoms with Crippen molar-refractivity contribution < 1.29 is 113 Å². The fourth-order valence-electron chi connectivity index (χ4n) is 13.3. The van der Waals surface area contributed by atoms with E-state index >= 15 is 0 Å². The maximum absolute atomic E-state index is 14.0. The Morgan fingerprint density at radius 2 is 0.680 bits per heavy atom. The molecule has 0 amide bonds. The summed E-state index contributed by atoms with van der Waals surface area (Å²) in [6, 6.07) is 44.5. The van der Waals surface area contributed by atoms with Crippen molar-refractivity contribution in [3.63, 3.8) is 0 Å². The van der Waals surface area contributed by atoms with Crippen LogP contribution >= 0.6 is 11.6 Å². The number of sulfone groups is 5. The van der Waals surface area contributed by atoms with E-state index in [1.165, 1.54) is 78.9 Å². The highest BCUT2D eigenvalue weighted by Gasteiger charge is 2.40. The normalized spacial score (nSPS) is 12.0. The first-order valence-electron chi connectivity index (χ1n) is 41.5. The van der Waals surface area contributed by atoms with E-state index in [4.69, 9.17) is 11.6 Å². The minimum absolute atomic E-state index is 0.00936. The van der Waals surface area contributed by atoms with Crippen molar-refractivity contribution in [2.24, 2.45) is 0 Å². The van der Waals surface area contributed by atoms with Gasteiger partial charge >= 0.3 is 18.7 Å². The number of ether oxygens (including phenoxy) is 1. The molecule has 0 bridgehead atoms. The average molecular weight is 1920 g/mol. The number of nitrogens with zero attached hydrogens (tertiary/aromatic N) is 1. The summed E-state index contributed by atoms with van der Waals surface area (Å²) in [6.07, 6.45) is 0.542. The van der Waals surface area contributed by atoms with E-state index in [1.54, 1.807) is 54.6 Å². The lowest BCUT2D eigenvalue weighted by Crippen LogP contribution is -2.19. The Hall–Kier alpha value is -9.54. The topological polar surface area (TPSA) is 223 Å². The Balaban J connectivity index is 0.000000247. The minimum atomic E-state index is -5.13. The van der Waals surface area contributed by atoms with Crippen LogP contribution in [0.2, 0.25) is 5.02 Å². The predicted octanol–water partition coefficient (Wildman–Crippen LogP) is 28.0. The molecule has 696 valence electrons. The number of benzene rings is 10. The molecule has 0 atom stereocenters. The van der Waals surface area contributed by atoms with E-state index in [-0.39, 0.29) is 84.4 Å². The highest BCUT2D eigenvalue weighted by Crippen LogP contribution is 2.43. The Morgan fingerprint density at radius 1 is 0.328 bits per heavy atom. The van der Waals surface area contributed by atoms with Crippen LogP contribution in [-0.2, 0) is 61.5 Å². The van der Waals surface area contributed by atoms with Gasteiger partial charge in [0.05, 0.1) is 75.0 Å². The van der Waals surface area contributed by atoms with Crippen LogP contribution < -0.4 is 4.74 Å². The van der Waals surface area contributed by atoms with Crippen LogP contribution in [0.25, 0.3) is 55.6 Å². The molecule has 0 radical (unpaired) electrons. The van der Waals surface area contributed by atoms with Gasteiger partial charge in [-0.05, 0) is 187 Å². The van der Waals surface area contributed by atoms with E-state index in [0.717, 1.165) is 148 Å². The number of alkyl halides is 9. The van der Waals surface area contributed by atoms with Crippen LogP contribution in [0.5, 0.6) is 5.75 Å². The van der Waals surface area contributed by atoms with Gasteiger partial charge in [-0.1, -0.05) is 227 Å². The van der Waals surface area contributed by atoms with Gasteiger partial charge in [-0.2, -0.15) is 26.3 Å². The van der Waals surface area contributed by atoms with Gasteiger partial charge in [-0.25, -0.2) is 64.0 Å². The third-order valence-electron chi connectivity index (χ3n) is 20.1. The smallest absolute Gasteiger partial charge is 0.404 e. The molecule has 34 heteroatoms. The summed E-state index contributed by atoms with van der Waals surface area (Å²) >= 11 is 6.11. The zero-order chi connectivity index (χ0) is 95.0. The lowest BCUT2D eigenvalue weighted by molar-refractivity contribution is -0.384. The molecule has 10 aromatic carbocycles. The highest BCUT2D eigenvalue weighted by molar-refractivity contribution is 7.92. The van der Waals surface area contributed by atoms with Gasteiger partial charge < -0.3 is 4.74 Å². The summed E-state index contributed by atoms with van der Waals surface area (Å²) in [7, 11) is -18.8. The van der Waals surface area contributed by atoms with Crippen LogP contribution in [0.3, 0.4) is 0 Å². The Bertz CT molecular complexity index is 5930. The third-order valence-corrected chi connectivity index (χ3v) is 29.7. The molecule has 0 saturated heterocycles. The van der Waals surface area contributed by atoms with Crippen molar-refractivity contribution in [2.75, 3.05) is 28.8 Å². The van der Waals surface area contributed by atoms with Gasteiger partial charge in [-0.3, -0.25) is 10.1 Å². The largest absolute Gasteiger partial charge is 0.573 e. The Morgan fingerprint density at radius 3 is 1.09 bits per heavy atom. The number of hydrogen-bond acceptors (Lipinski definition) is 13. The molecule has 0 aliphatic heterocycles. The molecule has 0 heterocycles. The lowest BCUT2D eigenvalue weighted by Gasteiger charge is -2.15. The molecule has 0 saturated carbocycles. The number of hydrogen-bond donors (Lipinski definition) is 0. The standard InChI is InChI=1S/C19H19F5O3S.C19H20F3NO4S.C19H21F3O2S.C19H23FO2S.C18H19ClF2O2S/c1-2-3-4-5-10-28(25,26)18-9-6-13(11-17(18)27-19(22,23)24)15-8-7-14(20)12-16(15)21;1-2-3-4-7-12-28(26,27)18-11-10-14(13-16(18)19(20,21)22)15-8-5-6-9-17(15)23(24)25;1-2-3-4-8-13-25(23,24)18-12-11-16(14-17(18)19(20,21)22)15-9-6-5-7-10-15;1-3-4-5-6-13-23(21,22)18-11-12-19(15(2)14-18)16-7-9-17(20)10-8-16;1-2-3-4-5-10-24(22,23)18-9-6-13(11-16(18)19)15-8-7-14(20)12-17(15)21/h6-9,11-12H,2-5,10H2,1H3;5-6,8-11,13H,2-4,7,12H2,1H3;5-7,9-12,14H,2-4,8,13H2,1H3;7-12,14H,3-6,13H2,1-2H3;6-9,11-12H,2-5,10H2,1H3. The summed E-state index contributed by atoms with van der Waals surface area (Å²) in [5.41, 5.74) is 1.15. The number of halogens is 15. The van der Waals surface area contributed by atoms with Crippen LogP contribution in [0.1, 0.15) is 180 Å². The van der Waals surface area contributed by atoms with E-state index in [1.807, 2.05) is 33.8 Å². The van der Waals surface area contributed by atoms with Crippen LogP contribution in [0.4, 0.5) is 67.2 Å². The molecule has 0 unspecified atom stereocenters. The maximum Gasteiger partial charge on any atom is 0.573 e. The molecule has 10 aromatic rings. The first-order chi connectivity index (χ1) is 60.1. The Labute approximate surface area is 745 Å². The average Bonchev–Trinajstić information content (AvgIpc) is 0.771. The van der Waals surface area contributed by atoms with Crippen molar-refractivity contribution >= 4 is 66.5 Å². The summed E-state index contributed by atoms with van der Waals surface area (Å²) in [6.45, 7) is 11.9. The first kappa shape index (κ1) is 107. The van der Waals surface area contributed by atoms with Gasteiger partial charge in [0, 0.05) is 29.3 Å². The van der Waals surface area contributed by atoms with E-state index in [9.17, 15) is 114 Å². The molecule has 0 spiro atoms. The quantitative estimate of drug-likeness (QED) is 0.0153. The van der Waals surface area contributed by atoms with Gasteiger partial charge in [0.15, 0.2) is 49.2 Å². The molecule has 0 aliphatic carbocycles. The molecule has 0 aromatic heterocycles. The number of aryl methyl sites for hydroxylation is 1. The number of para-hydroxylation sites is 1. The second-order valence-electron chi connectivity index (χ2n) is 30.0. The second kappa shape index (κ2) is 49.5. The van der Waals surface area contributed by atoms with E-state index < -0.39 is 128 Å². The number of nitro benzene ring substituents is 1. The number of rotatable bonds is 37. The second-order valence-corrected chi connectivity index (χ2v) is 40.9. The molecule has 0 fully saturated rings. The zero-order valence-corrected chi connectivity index (χ0v) is 76.1. The fraction of sp³-hybridized carbons (Fsp3) is 0.362. The lowest BCUT2D eigenvalue weighted by atomic mass is 10.0. The first-order valence-corrected chi connectivity index (χ1v) is 50.1. The summed E-state index contributed by atoms with van der Waals surface area (Å²) < 4.78 is 314. The molecule has 128 heavy (non-hydrogen) atoms. The van der Waals surface area contributed by atoms with Crippen molar-refractivity contribution in [3.05, 3.63) is 267 Å². The van der Waals surface area contributed by atoms with Crippen LogP contribution in [0.15, 0.2) is 231 Å². The zero-order valence-electron chi connectivity index (χ0n) is 71.3. The molecule has 0 aliphatic rings. The number of unbranched alkanes of at least 4 members (excludes halogenated alkanes) is 15. The summed E-state index contributed by atoms with van der Waals surface area (Å²) in [5, 5.41) is 11.2. The van der Waals surface area contributed by atoms with E-state index in [2.05, 4.69) is 18.6 Å². The van der Waals surface area contributed by atoms with Crippen molar-refractivity contribution in [3.8, 4) is 61.4 Å². The predicted molar refractivity (Wildman–Crippen MR) is 473 cm³/mol. The molecular weight excluding hydrogens is 1810 g/mol. The molecule has 0 N–H and O–H groups in total. The molecular formula is C94H102ClF14NO13S5. The van der Waals surface area contributed by atoms with Crippen molar-refractivity contribution in [2.45, 2.75) is 213 Å². The highest BCUT2D eigenvalue weighted by atomic mass is 35.5. The molecule has 14 nitrogen and oxygen atoms in total. The number of nitro groups is 1. The summed E-state index contributed by atoms with van der Waals surface area (Å²) in [4.78, 5) is 8.85. The van der Waals surface area contributed by atoms with Gasteiger partial charge in [0.2, 0.25) is 0 Å². The van der Waals surface area contributed by atoms with Crippen LogP contribution in [0, 0.1) is 46.1 Å². The van der Waals surface area contributed by atoms with Gasteiger partial charge in [-0.15, -0.1) is 13.2 Å². The van der Waals surface area contributed by atoms with E-state index in [0.29, 0.717) is 78.7 Å². The third kappa shape index (κ3) is 33.1. The van der Waals surface area contributed by atoms with Crippen molar-refractivity contribution in [1.82, 2.24) is 0 Å².